The molecule has 7 nitrogen and oxygen atoms in total. The van der Waals surface area contributed by atoms with Crippen LogP contribution in [0, 0.1) is 5.92 Å². The molecule has 2 aromatic carbocycles. The van der Waals surface area contributed by atoms with Gasteiger partial charge in [-0.1, -0.05) is 31.9 Å². The lowest BCUT2D eigenvalue weighted by molar-refractivity contribution is -0.146. The fourth-order valence-electron chi connectivity index (χ4n) is 7.10. The van der Waals surface area contributed by atoms with E-state index in [1.165, 1.54) is 0 Å². The minimum atomic E-state index is -3.26. The number of ether oxygens (including phenoxy) is 2. The van der Waals surface area contributed by atoms with E-state index in [4.69, 9.17) is 9.47 Å². The number of aliphatic hydroxyl groups excluding tert-OH is 1. The average Bonchev–Trinajstić information content (AvgIpc) is 3.33. The third-order valence-electron chi connectivity index (χ3n) is 8.99. The van der Waals surface area contributed by atoms with Crippen LogP contribution in [0.4, 0.5) is 15.5 Å². The first-order chi connectivity index (χ1) is 19.1. The van der Waals surface area contributed by atoms with Crippen molar-refractivity contribution in [3.63, 3.8) is 0 Å². The molecule has 0 radical (unpaired) electrons. The van der Waals surface area contributed by atoms with Gasteiger partial charge in [0, 0.05) is 42.3 Å². The molecule has 3 aliphatic heterocycles. The van der Waals surface area contributed by atoms with Gasteiger partial charge in [0.1, 0.15) is 5.75 Å². The van der Waals surface area contributed by atoms with Gasteiger partial charge in [0.2, 0.25) is 14.3 Å². The number of fused-ring (bicyclic) bond motifs is 2. The van der Waals surface area contributed by atoms with Crippen LogP contribution in [0.1, 0.15) is 56.6 Å². The summed E-state index contributed by atoms with van der Waals surface area (Å²) in [6.07, 6.45) is 4.46. The van der Waals surface area contributed by atoms with Crippen LogP contribution in [0.3, 0.4) is 0 Å². The summed E-state index contributed by atoms with van der Waals surface area (Å²) in [5, 5.41) is 9.75. The number of rotatable bonds is 7. The number of methoxy groups -OCH3 is 1. The van der Waals surface area contributed by atoms with E-state index in [2.05, 4.69) is 0 Å². The maximum Gasteiger partial charge on any atom is 0.264 e. The Morgan fingerprint density at radius 2 is 1.82 bits per heavy atom. The molecule has 0 bridgehead atoms. The van der Waals surface area contributed by atoms with Gasteiger partial charge in [-0.2, -0.15) is 0 Å². The zero-order valence-electron chi connectivity index (χ0n) is 24.0. The monoisotopic (exact) mass is 568 g/mol. The van der Waals surface area contributed by atoms with Crippen molar-refractivity contribution in [1.82, 2.24) is 0 Å². The summed E-state index contributed by atoms with van der Waals surface area (Å²) in [7, 11) is -1.68. The van der Waals surface area contributed by atoms with Gasteiger partial charge in [-0.05, 0) is 68.3 Å². The fourth-order valence-corrected chi connectivity index (χ4v) is 9.65. The summed E-state index contributed by atoms with van der Waals surface area (Å²) >= 11 is 0. The first-order valence-electron chi connectivity index (χ1n) is 14.5. The standard InChI is InChI=1S/C31H41FN2O5Si/c1-21-29(40(3,4)32)27(16-18-35)39-31(21)25-19-24(38-2)14-15-26(25)34(30(31)37)20-22-10-12-23(13-11-22)33-17-8-6-5-7-9-28(33)36/h10-15,19,21,27,29,35H,5-9,16-18,20H2,1-4H3/t21-,27+,29-,31+/m0/s1. The Hall–Kier alpha value is -2.75. The minimum Gasteiger partial charge on any atom is -0.497 e. The minimum absolute atomic E-state index is 0.136. The summed E-state index contributed by atoms with van der Waals surface area (Å²) in [4.78, 5) is 30.7. The Morgan fingerprint density at radius 1 is 1.10 bits per heavy atom. The Balaban J connectivity index is 1.48. The highest BCUT2D eigenvalue weighted by atomic mass is 28.4. The second kappa shape index (κ2) is 11.3. The summed E-state index contributed by atoms with van der Waals surface area (Å²) in [5.74, 6) is 0.130. The normalized spacial score (nSPS) is 27.2. The molecule has 4 atom stereocenters. The lowest BCUT2D eigenvalue weighted by atomic mass is 9.82. The lowest BCUT2D eigenvalue weighted by Crippen LogP contribution is -2.45. The van der Waals surface area contributed by atoms with Gasteiger partial charge in [0.25, 0.3) is 5.91 Å². The van der Waals surface area contributed by atoms with Crippen molar-refractivity contribution in [2.75, 3.05) is 30.1 Å². The largest absolute Gasteiger partial charge is 0.497 e. The van der Waals surface area contributed by atoms with E-state index in [1.807, 2.05) is 54.3 Å². The second-order valence-corrected chi connectivity index (χ2v) is 15.7. The number of carbonyl (C=O) groups excluding carboxylic acids is 2. The van der Waals surface area contributed by atoms with Crippen molar-refractivity contribution in [3.05, 3.63) is 53.6 Å². The Bertz CT molecular complexity index is 1250. The first kappa shape index (κ1) is 28.8. The van der Waals surface area contributed by atoms with E-state index in [1.54, 1.807) is 25.1 Å². The predicted octanol–water partition coefficient (Wildman–Crippen LogP) is 5.70. The number of nitrogens with zero attached hydrogens (tertiary/aromatic N) is 2. The maximum atomic E-state index is 15.7. The molecule has 0 aliphatic carbocycles. The molecule has 0 saturated carbocycles. The van der Waals surface area contributed by atoms with E-state index in [9.17, 15) is 14.7 Å². The van der Waals surface area contributed by atoms with Crippen LogP contribution in [-0.2, 0) is 26.5 Å². The summed E-state index contributed by atoms with van der Waals surface area (Å²) < 4.78 is 27.8. The highest BCUT2D eigenvalue weighted by molar-refractivity contribution is 6.72. The molecule has 5 rings (SSSR count). The molecular weight excluding hydrogens is 527 g/mol. The number of amides is 2. The highest BCUT2D eigenvalue weighted by Gasteiger charge is 2.66. The average molecular weight is 569 g/mol. The van der Waals surface area contributed by atoms with Crippen LogP contribution in [0.5, 0.6) is 5.75 Å². The number of benzene rings is 2. The van der Waals surface area contributed by atoms with Gasteiger partial charge < -0.3 is 28.5 Å². The van der Waals surface area contributed by atoms with Crippen LogP contribution in [0.2, 0.25) is 18.6 Å². The molecule has 1 N–H and O–H groups in total. The van der Waals surface area contributed by atoms with Crippen molar-refractivity contribution in [2.45, 2.75) is 82.3 Å². The van der Waals surface area contributed by atoms with E-state index < -0.39 is 31.6 Å². The third-order valence-corrected chi connectivity index (χ3v) is 11.5. The zero-order chi connectivity index (χ0) is 28.7. The van der Waals surface area contributed by atoms with Gasteiger partial charge in [-0.15, -0.1) is 0 Å². The Labute approximate surface area is 237 Å². The van der Waals surface area contributed by atoms with Gasteiger partial charge in [0.05, 0.1) is 25.4 Å². The number of hydrogen-bond acceptors (Lipinski definition) is 5. The predicted molar refractivity (Wildman–Crippen MR) is 156 cm³/mol. The van der Waals surface area contributed by atoms with Crippen molar-refractivity contribution in [1.29, 1.82) is 0 Å². The van der Waals surface area contributed by atoms with Crippen molar-refractivity contribution in [2.24, 2.45) is 5.92 Å². The maximum absolute atomic E-state index is 15.7. The van der Waals surface area contributed by atoms with Gasteiger partial charge >= 0.3 is 0 Å². The van der Waals surface area contributed by atoms with Gasteiger partial charge in [-0.25, -0.2) is 0 Å². The molecule has 2 fully saturated rings. The molecule has 3 aliphatic rings. The molecule has 2 aromatic rings. The van der Waals surface area contributed by atoms with Gasteiger partial charge in [0.15, 0.2) is 5.60 Å². The topological polar surface area (TPSA) is 79.3 Å². The fraction of sp³-hybridized carbons (Fsp3) is 0.548. The molecule has 9 heteroatoms. The van der Waals surface area contributed by atoms with E-state index in [0.29, 0.717) is 24.3 Å². The molecule has 40 heavy (non-hydrogen) atoms. The van der Waals surface area contributed by atoms with Crippen LogP contribution >= 0.6 is 0 Å². The van der Waals surface area contributed by atoms with Crippen LogP contribution < -0.4 is 14.5 Å². The zero-order valence-corrected chi connectivity index (χ0v) is 25.0. The molecule has 0 aromatic heterocycles. The van der Waals surface area contributed by atoms with E-state index in [-0.39, 0.29) is 24.8 Å². The SMILES string of the molecule is COc1ccc2c(c1)[C@@]1(O[C@H](CCO)[C@@H]([Si](C)(C)F)[C@@H]1C)C(=O)N2Cc1ccc(N2CCCCCCC2=O)cc1. The summed E-state index contributed by atoms with van der Waals surface area (Å²) in [6.45, 7) is 6.13. The number of halogens is 1. The lowest BCUT2D eigenvalue weighted by Gasteiger charge is -2.31. The third kappa shape index (κ3) is 4.97. The van der Waals surface area contributed by atoms with E-state index >= 15 is 4.11 Å². The Morgan fingerprint density at radius 3 is 2.50 bits per heavy atom. The molecule has 2 amide bonds. The van der Waals surface area contributed by atoms with Crippen molar-refractivity contribution < 1.29 is 28.3 Å². The van der Waals surface area contributed by atoms with Crippen LogP contribution in [0.25, 0.3) is 0 Å². The summed E-state index contributed by atoms with van der Waals surface area (Å²) in [5.41, 5.74) is 1.42. The van der Waals surface area contributed by atoms with Crippen LogP contribution in [0.15, 0.2) is 42.5 Å². The van der Waals surface area contributed by atoms with E-state index in [0.717, 1.165) is 49.2 Å². The summed E-state index contributed by atoms with van der Waals surface area (Å²) in [6, 6.07) is 13.4. The number of anilines is 2. The number of aliphatic hydroxyl groups is 1. The molecular formula is C31H41FN2O5Si. The van der Waals surface area contributed by atoms with Crippen molar-refractivity contribution >= 4 is 31.6 Å². The second-order valence-electron chi connectivity index (χ2n) is 11.9. The van der Waals surface area contributed by atoms with Gasteiger partial charge in [-0.3, -0.25) is 9.59 Å². The number of hydrogen-bond donors (Lipinski definition) is 1. The Kier molecular flexibility index (Phi) is 8.10. The first-order valence-corrected chi connectivity index (χ1v) is 17.4. The van der Waals surface area contributed by atoms with Crippen LogP contribution in [-0.4, -0.2) is 51.7 Å². The molecule has 2 saturated heterocycles. The smallest absolute Gasteiger partial charge is 0.264 e. The molecule has 216 valence electrons. The molecule has 1 spiro atoms. The molecule has 3 heterocycles. The van der Waals surface area contributed by atoms with Crippen molar-refractivity contribution in [3.8, 4) is 5.75 Å². The molecule has 0 unspecified atom stereocenters. The highest BCUT2D eigenvalue weighted by Crippen LogP contribution is 2.60. The quantitative estimate of drug-likeness (QED) is 0.343. The number of carbonyl (C=O) groups is 2.